The van der Waals surface area contributed by atoms with E-state index in [1.54, 1.807) is 4.90 Å². The molecule has 0 bridgehead atoms. The van der Waals surface area contributed by atoms with Gasteiger partial charge in [0.15, 0.2) is 0 Å². The normalized spacial score (nSPS) is 25.6. The van der Waals surface area contributed by atoms with Crippen LogP contribution in [0.15, 0.2) is 30.3 Å². The Bertz CT molecular complexity index is 449. The fourth-order valence-corrected chi connectivity index (χ4v) is 3.00. The number of hydrogen-bond acceptors (Lipinski definition) is 3. The van der Waals surface area contributed by atoms with E-state index < -0.39 is 5.41 Å². The molecule has 1 fully saturated rings. The lowest BCUT2D eigenvalue weighted by Gasteiger charge is -2.34. The number of amides is 1. The first-order chi connectivity index (χ1) is 9.58. The van der Waals surface area contributed by atoms with E-state index in [-0.39, 0.29) is 18.6 Å². The fraction of sp³-hybridized carbons (Fsp3) is 0.562. The Hall–Kier alpha value is -1.39. The minimum Gasteiger partial charge on any atom is -0.395 e. The Morgan fingerprint density at radius 1 is 1.45 bits per heavy atom. The molecule has 1 aromatic rings. The number of benzene rings is 1. The largest absolute Gasteiger partial charge is 0.395 e. The number of aliphatic hydroxyl groups excluding tert-OH is 1. The molecule has 0 spiro atoms. The molecule has 0 aromatic heterocycles. The Morgan fingerprint density at radius 2 is 2.15 bits per heavy atom. The van der Waals surface area contributed by atoms with Crippen molar-refractivity contribution in [3.05, 3.63) is 35.9 Å². The molecular weight excluding hydrogens is 252 g/mol. The van der Waals surface area contributed by atoms with E-state index in [0.717, 1.165) is 24.8 Å². The van der Waals surface area contributed by atoms with Crippen LogP contribution in [0.4, 0.5) is 0 Å². The number of nitrogens with two attached hydrogens (primary N) is 1. The maximum absolute atomic E-state index is 12.8. The molecular formula is C16H24N2O2. The Labute approximate surface area is 120 Å². The summed E-state index contributed by atoms with van der Waals surface area (Å²) in [4.78, 5) is 14.5. The minimum absolute atomic E-state index is 0.0239. The van der Waals surface area contributed by atoms with Gasteiger partial charge in [-0.25, -0.2) is 0 Å². The summed E-state index contributed by atoms with van der Waals surface area (Å²) in [7, 11) is 0. The van der Waals surface area contributed by atoms with E-state index in [9.17, 15) is 9.90 Å². The third kappa shape index (κ3) is 3.02. The van der Waals surface area contributed by atoms with Crippen molar-refractivity contribution in [2.24, 2.45) is 11.1 Å². The summed E-state index contributed by atoms with van der Waals surface area (Å²) in [5, 5.41) is 9.23. The SMILES string of the molecule is CC1(C(=O)N(CCO)Cc2ccccc2)CCCC1N. The number of carbonyl (C=O) groups excluding carboxylic acids is 1. The average molecular weight is 276 g/mol. The van der Waals surface area contributed by atoms with Crippen molar-refractivity contribution in [2.75, 3.05) is 13.2 Å². The third-order valence-corrected chi connectivity index (χ3v) is 4.39. The molecule has 1 aliphatic carbocycles. The van der Waals surface area contributed by atoms with Crippen LogP contribution in [0, 0.1) is 5.41 Å². The van der Waals surface area contributed by atoms with E-state index in [1.165, 1.54) is 0 Å². The van der Waals surface area contributed by atoms with Gasteiger partial charge >= 0.3 is 0 Å². The predicted molar refractivity (Wildman–Crippen MR) is 78.9 cm³/mol. The summed E-state index contributed by atoms with van der Waals surface area (Å²) in [6, 6.07) is 9.78. The molecule has 2 unspecified atom stereocenters. The molecule has 110 valence electrons. The lowest BCUT2D eigenvalue weighted by atomic mass is 9.83. The maximum Gasteiger partial charge on any atom is 0.230 e. The highest BCUT2D eigenvalue weighted by Gasteiger charge is 2.44. The van der Waals surface area contributed by atoms with E-state index in [1.807, 2.05) is 37.3 Å². The zero-order valence-electron chi connectivity index (χ0n) is 12.1. The third-order valence-electron chi connectivity index (χ3n) is 4.39. The molecule has 3 N–H and O–H groups in total. The molecule has 1 aromatic carbocycles. The van der Waals surface area contributed by atoms with E-state index in [2.05, 4.69) is 0 Å². The average Bonchev–Trinajstić information content (AvgIpc) is 2.80. The Morgan fingerprint density at radius 3 is 2.70 bits per heavy atom. The van der Waals surface area contributed by atoms with Gasteiger partial charge in [0, 0.05) is 19.1 Å². The van der Waals surface area contributed by atoms with Gasteiger partial charge < -0.3 is 15.7 Å². The van der Waals surface area contributed by atoms with Crippen molar-refractivity contribution >= 4 is 5.91 Å². The molecule has 4 nitrogen and oxygen atoms in total. The van der Waals surface area contributed by atoms with Crippen molar-refractivity contribution in [2.45, 2.75) is 38.8 Å². The Balaban J connectivity index is 2.14. The van der Waals surface area contributed by atoms with Crippen LogP contribution in [-0.2, 0) is 11.3 Å². The van der Waals surface area contributed by atoms with Gasteiger partial charge in [0.25, 0.3) is 0 Å². The smallest absolute Gasteiger partial charge is 0.230 e. The first-order valence-electron chi connectivity index (χ1n) is 7.27. The van der Waals surface area contributed by atoms with Crippen LogP contribution in [0.3, 0.4) is 0 Å². The summed E-state index contributed by atoms with van der Waals surface area (Å²) >= 11 is 0. The van der Waals surface area contributed by atoms with E-state index in [0.29, 0.717) is 13.1 Å². The standard InChI is InChI=1S/C16H24N2O2/c1-16(9-5-8-14(16)17)15(20)18(10-11-19)12-13-6-3-2-4-7-13/h2-4,6-7,14,19H,5,8-12,17H2,1H3. The second-order valence-corrected chi connectivity index (χ2v) is 5.85. The number of rotatable bonds is 5. The van der Waals surface area contributed by atoms with Crippen LogP contribution in [0.1, 0.15) is 31.7 Å². The molecule has 1 saturated carbocycles. The van der Waals surface area contributed by atoms with Gasteiger partial charge in [0.05, 0.1) is 12.0 Å². The molecule has 0 radical (unpaired) electrons. The van der Waals surface area contributed by atoms with Gasteiger partial charge in [-0.05, 0) is 25.3 Å². The van der Waals surface area contributed by atoms with Crippen molar-refractivity contribution in [3.63, 3.8) is 0 Å². The molecule has 20 heavy (non-hydrogen) atoms. The number of nitrogens with zero attached hydrogens (tertiary/aromatic N) is 1. The number of hydrogen-bond donors (Lipinski definition) is 2. The van der Waals surface area contributed by atoms with Gasteiger partial charge in [-0.15, -0.1) is 0 Å². The topological polar surface area (TPSA) is 66.6 Å². The quantitative estimate of drug-likeness (QED) is 0.857. The van der Waals surface area contributed by atoms with Gasteiger partial charge in [0.1, 0.15) is 0 Å². The second kappa shape index (κ2) is 6.37. The molecule has 1 aliphatic rings. The summed E-state index contributed by atoms with van der Waals surface area (Å²) in [6.45, 7) is 2.82. The molecule has 1 amide bonds. The first-order valence-corrected chi connectivity index (χ1v) is 7.27. The fourth-order valence-electron chi connectivity index (χ4n) is 3.00. The van der Waals surface area contributed by atoms with Crippen LogP contribution >= 0.6 is 0 Å². The summed E-state index contributed by atoms with van der Waals surface area (Å²) < 4.78 is 0. The van der Waals surface area contributed by atoms with Crippen LogP contribution in [0.25, 0.3) is 0 Å². The first kappa shape index (κ1) is 15.0. The van der Waals surface area contributed by atoms with Crippen molar-refractivity contribution in [1.29, 1.82) is 0 Å². The summed E-state index contributed by atoms with van der Waals surface area (Å²) in [5.41, 5.74) is 6.72. The van der Waals surface area contributed by atoms with Crippen LogP contribution in [0.5, 0.6) is 0 Å². The highest BCUT2D eigenvalue weighted by molar-refractivity contribution is 5.83. The second-order valence-electron chi connectivity index (χ2n) is 5.85. The monoisotopic (exact) mass is 276 g/mol. The zero-order valence-corrected chi connectivity index (χ0v) is 12.1. The molecule has 4 heteroatoms. The van der Waals surface area contributed by atoms with Gasteiger partial charge in [-0.3, -0.25) is 4.79 Å². The van der Waals surface area contributed by atoms with E-state index >= 15 is 0 Å². The Kier molecular flexibility index (Phi) is 4.78. The van der Waals surface area contributed by atoms with Gasteiger partial charge in [-0.2, -0.15) is 0 Å². The van der Waals surface area contributed by atoms with Crippen molar-refractivity contribution < 1.29 is 9.90 Å². The zero-order chi connectivity index (χ0) is 14.6. The lowest BCUT2D eigenvalue weighted by Crippen LogP contribution is -2.49. The van der Waals surface area contributed by atoms with Crippen LogP contribution in [-0.4, -0.2) is 35.1 Å². The summed E-state index contributed by atoms with van der Waals surface area (Å²) in [5.74, 6) is 0.0698. The molecule has 0 aliphatic heterocycles. The van der Waals surface area contributed by atoms with Gasteiger partial charge in [-0.1, -0.05) is 36.8 Å². The summed E-state index contributed by atoms with van der Waals surface area (Å²) in [6.07, 6.45) is 2.74. The maximum atomic E-state index is 12.8. The number of aliphatic hydroxyl groups is 1. The molecule has 0 saturated heterocycles. The lowest BCUT2D eigenvalue weighted by molar-refractivity contribution is -0.142. The van der Waals surface area contributed by atoms with Crippen molar-refractivity contribution in [3.8, 4) is 0 Å². The molecule has 2 atom stereocenters. The number of carbonyl (C=O) groups is 1. The van der Waals surface area contributed by atoms with E-state index in [4.69, 9.17) is 5.73 Å². The van der Waals surface area contributed by atoms with Crippen LogP contribution < -0.4 is 5.73 Å². The molecule has 2 rings (SSSR count). The van der Waals surface area contributed by atoms with Gasteiger partial charge in [0.2, 0.25) is 5.91 Å². The van der Waals surface area contributed by atoms with Crippen LogP contribution in [0.2, 0.25) is 0 Å². The minimum atomic E-state index is -0.482. The molecule has 0 heterocycles. The highest BCUT2D eigenvalue weighted by atomic mass is 16.3. The predicted octanol–water partition coefficient (Wildman–Crippen LogP) is 1.52. The highest BCUT2D eigenvalue weighted by Crippen LogP contribution is 2.38. The van der Waals surface area contributed by atoms with Crippen molar-refractivity contribution in [1.82, 2.24) is 4.90 Å².